The fourth-order valence-corrected chi connectivity index (χ4v) is 2.65. The van der Waals surface area contributed by atoms with Crippen LogP contribution < -0.4 is 0 Å². The molecule has 0 fully saturated rings. The van der Waals surface area contributed by atoms with Gasteiger partial charge in [0.1, 0.15) is 0 Å². The van der Waals surface area contributed by atoms with Crippen molar-refractivity contribution in [2.45, 2.75) is 53.4 Å². The highest BCUT2D eigenvalue weighted by molar-refractivity contribution is 5.88. The van der Waals surface area contributed by atoms with Crippen LogP contribution in [0.25, 0.3) is 10.8 Å². The minimum absolute atomic E-state index is 1.22. The van der Waals surface area contributed by atoms with E-state index in [1.807, 2.05) is 0 Å². The summed E-state index contributed by atoms with van der Waals surface area (Å²) in [7, 11) is 0. The average molecular weight is 240 g/mol. The Kier molecular flexibility index (Phi) is 4.06. The highest BCUT2D eigenvalue weighted by Crippen LogP contribution is 2.26. The Morgan fingerprint density at radius 2 is 1.67 bits per heavy atom. The van der Waals surface area contributed by atoms with Crippen molar-refractivity contribution in [3.8, 4) is 0 Å². The lowest BCUT2D eigenvalue weighted by atomic mass is 9.94. The predicted octanol–water partition coefficient (Wildman–Crippen LogP) is 5.50. The minimum atomic E-state index is 1.22. The average Bonchev–Trinajstić information content (AvgIpc) is 2.36. The van der Waals surface area contributed by atoms with E-state index in [9.17, 15) is 0 Å². The zero-order valence-electron chi connectivity index (χ0n) is 12.1. The van der Waals surface area contributed by atoms with Crippen molar-refractivity contribution in [1.29, 1.82) is 0 Å². The van der Waals surface area contributed by atoms with Crippen LogP contribution in [-0.2, 0) is 6.42 Å². The second-order valence-electron chi connectivity index (χ2n) is 5.46. The van der Waals surface area contributed by atoms with E-state index >= 15 is 0 Å². The molecule has 0 aromatic heterocycles. The lowest BCUT2D eigenvalue weighted by molar-refractivity contribution is 0.718. The SMILES string of the molecule is CCCCCc1ccc2c(C)c(C)c(C)cc2c1. The third-order valence-electron chi connectivity index (χ3n) is 4.12. The van der Waals surface area contributed by atoms with Gasteiger partial charge >= 0.3 is 0 Å². The van der Waals surface area contributed by atoms with Crippen molar-refractivity contribution in [1.82, 2.24) is 0 Å². The summed E-state index contributed by atoms with van der Waals surface area (Å²) in [6.07, 6.45) is 5.16. The van der Waals surface area contributed by atoms with E-state index in [-0.39, 0.29) is 0 Å². The maximum Gasteiger partial charge on any atom is -0.0152 e. The summed E-state index contributed by atoms with van der Waals surface area (Å²) in [5, 5.41) is 2.82. The van der Waals surface area contributed by atoms with Crippen LogP contribution in [0.4, 0.5) is 0 Å². The quantitative estimate of drug-likeness (QED) is 0.619. The molecule has 0 bridgehead atoms. The maximum absolute atomic E-state index is 2.38. The van der Waals surface area contributed by atoms with Gasteiger partial charge in [0.05, 0.1) is 0 Å². The van der Waals surface area contributed by atoms with Crippen LogP contribution in [0, 0.1) is 20.8 Å². The third kappa shape index (κ3) is 2.58. The van der Waals surface area contributed by atoms with Crippen LogP contribution in [0.2, 0.25) is 0 Å². The van der Waals surface area contributed by atoms with Gasteiger partial charge in [0.25, 0.3) is 0 Å². The van der Waals surface area contributed by atoms with Gasteiger partial charge in [-0.1, -0.05) is 44.0 Å². The Bertz CT molecular complexity index is 549. The molecule has 0 aliphatic carbocycles. The van der Waals surface area contributed by atoms with Crippen molar-refractivity contribution < 1.29 is 0 Å². The summed E-state index contributed by atoms with van der Waals surface area (Å²) in [6, 6.07) is 9.32. The smallest absolute Gasteiger partial charge is 0.0152 e. The molecule has 0 saturated carbocycles. The van der Waals surface area contributed by atoms with E-state index in [0.717, 1.165) is 0 Å². The first-order chi connectivity index (χ1) is 8.63. The van der Waals surface area contributed by atoms with Gasteiger partial charge in [-0.3, -0.25) is 0 Å². The molecule has 0 nitrogen and oxygen atoms in total. The van der Waals surface area contributed by atoms with E-state index in [1.54, 1.807) is 0 Å². The van der Waals surface area contributed by atoms with Gasteiger partial charge in [-0.25, -0.2) is 0 Å². The van der Waals surface area contributed by atoms with Gasteiger partial charge in [0, 0.05) is 0 Å². The Labute approximate surface area is 111 Å². The maximum atomic E-state index is 2.38. The van der Waals surface area contributed by atoms with Crippen molar-refractivity contribution in [3.05, 3.63) is 46.5 Å². The molecule has 0 amide bonds. The summed E-state index contributed by atoms with van der Waals surface area (Å²) in [4.78, 5) is 0. The molecule has 2 rings (SSSR count). The second kappa shape index (κ2) is 5.56. The highest BCUT2D eigenvalue weighted by atomic mass is 14.1. The molecular formula is C18H24. The van der Waals surface area contributed by atoms with Gasteiger partial charge in [0.15, 0.2) is 0 Å². The fourth-order valence-electron chi connectivity index (χ4n) is 2.65. The van der Waals surface area contributed by atoms with E-state index in [0.29, 0.717) is 0 Å². The molecule has 0 aliphatic heterocycles. The number of rotatable bonds is 4. The summed E-state index contributed by atoms with van der Waals surface area (Å²) in [5.41, 5.74) is 5.76. The van der Waals surface area contributed by atoms with Crippen molar-refractivity contribution in [2.24, 2.45) is 0 Å². The number of hydrogen-bond acceptors (Lipinski definition) is 0. The molecule has 0 heteroatoms. The van der Waals surface area contributed by atoms with Crippen molar-refractivity contribution in [3.63, 3.8) is 0 Å². The topological polar surface area (TPSA) is 0 Å². The Balaban J connectivity index is 2.37. The second-order valence-corrected chi connectivity index (χ2v) is 5.46. The van der Waals surface area contributed by atoms with Crippen molar-refractivity contribution in [2.75, 3.05) is 0 Å². The summed E-state index contributed by atoms with van der Waals surface area (Å²) >= 11 is 0. The predicted molar refractivity (Wildman–Crippen MR) is 81.4 cm³/mol. The Morgan fingerprint density at radius 1 is 0.889 bits per heavy atom. The number of hydrogen-bond donors (Lipinski definition) is 0. The molecule has 2 aromatic rings. The highest BCUT2D eigenvalue weighted by Gasteiger charge is 2.04. The molecule has 18 heavy (non-hydrogen) atoms. The molecule has 0 radical (unpaired) electrons. The van der Waals surface area contributed by atoms with Crippen molar-refractivity contribution >= 4 is 10.8 Å². The van der Waals surface area contributed by atoms with Crippen LogP contribution in [0.3, 0.4) is 0 Å². The number of aryl methyl sites for hydroxylation is 3. The summed E-state index contributed by atoms with van der Waals surface area (Å²) < 4.78 is 0. The van der Waals surface area contributed by atoms with Gasteiger partial charge in [-0.15, -0.1) is 0 Å². The first-order valence-electron chi connectivity index (χ1n) is 7.13. The zero-order chi connectivity index (χ0) is 13.1. The summed E-state index contributed by atoms with van der Waals surface area (Å²) in [6.45, 7) is 8.93. The lowest BCUT2D eigenvalue weighted by Crippen LogP contribution is -1.91. The van der Waals surface area contributed by atoms with Crippen LogP contribution >= 0.6 is 0 Å². The Hall–Kier alpha value is -1.30. The minimum Gasteiger partial charge on any atom is -0.0654 e. The van der Waals surface area contributed by atoms with Crippen LogP contribution in [0.1, 0.15) is 48.4 Å². The molecule has 96 valence electrons. The molecule has 0 atom stereocenters. The van der Waals surface area contributed by atoms with E-state index < -0.39 is 0 Å². The van der Waals surface area contributed by atoms with Gasteiger partial charge in [0.2, 0.25) is 0 Å². The number of unbranched alkanes of at least 4 members (excludes halogenated alkanes) is 2. The summed E-state index contributed by atoms with van der Waals surface area (Å²) in [5.74, 6) is 0. The van der Waals surface area contributed by atoms with Gasteiger partial charge < -0.3 is 0 Å². The molecule has 0 saturated heterocycles. The third-order valence-corrected chi connectivity index (χ3v) is 4.12. The molecule has 0 N–H and O–H groups in total. The first-order valence-corrected chi connectivity index (χ1v) is 7.13. The molecular weight excluding hydrogens is 216 g/mol. The lowest BCUT2D eigenvalue weighted by Gasteiger charge is -2.11. The van der Waals surface area contributed by atoms with E-state index in [2.05, 4.69) is 52.0 Å². The number of benzene rings is 2. The fraction of sp³-hybridized carbons (Fsp3) is 0.444. The molecule has 0 aliphatic rings. The Morgan fingerprint density at radius 3 is 2.39 bits per heavy atom. The molecule has 0 unspecified atom stereocenters. The number of fused-ring (bicyclic) bond motifs is 1. The largest absolute Gasteiger partial charge is 0.0654 e. The standard InChI is InChI=1S/C18H24/c1-5-6-7-8-16-9-10-18-15(4)14(3)13(2)11-17(18)12-16/h9-12H,5-8H2,1-4H3. The van der Waals surface area contributed by atoms with E-state index in [1.165, 1.54) is 58.7 Å². The normalized spacial score (nSPS) is 11.1. The van der Waals surface area contributed by atoms with Crippen LogP contribution in [0.15, 0.2) is 24.3 Å². The molecule has 0 heterocycles. The first kappa shape index (κ1) is 13.1. The van der Waals surface area contributed by atoms with Crippen LogP contribution in [-0.4, -0.2) is 0 Å². The van der Waals surface area contributed by atoms with Gasteiger partial charge in [-0.05, 0) is 66.6 Å². The van der Waals surface area contributed by atoms with E-state index in [4.69, 9.17) is 0 Å². The van der Waals surface area contributed by atoms with Gasteiger partial charge in [-0.2, -0.15) is 0 Å². The molecule has 2 aromatic carbocycles. The zero-order valence-corrected chi connectivity index (χ0v) is 12.1. The monoisotopic (exact) mass is 240 g/mol. The van der Waals surface area contributed by atoms with Crippen LogP contribution in [0.5, 0.6) is 0 Å². The molecule has 0 spiro atoms.